The monoisotopic (exact) mass is 355 g/mol. The first-order valence-electron chi connectivity index (χ1n) is 6.03. The van der Waals surface area contributed by atoms with Crippen molar-refractivity contribution in [2.75, 3.05) is 11.9 Å². The molecule has 0 bridgehead atoms. The second kappa shape index (κ2) is 6.22. The lowest BCUT2D eigenvalue weighted by Crippen LogP contribution is -2.38. The van der Waals surface area contributed by atoms with Crippen molar-refractivity contribution in [1.82, 2.24) is 0 Å². The SMILES string of the molecule is CC(C)C(C)(O)CNc1ccc(OC(F)(F)F)c(Br)c1. The lowest BCUT2D eigenvalue weighted by Gasteiger charge is -2.28. The highest BCUT2D eigenvalue weighted by Gasteiger charge is 2.32. The fourth-order valence-electron chi connectivity index (χ4n) is 1.30. The smallest absolute Gasteiger partial charge is 0.405 e. The second-order valence-corrected chi connectivity index (χ2v) is 5.91. The van der Waals surface area contributed by atoms with E-state index in [9.17, 15) is 18.3 Å². The Hall–Kier alpha value is -0.950. The Balaban J connectivity index is 2.73. The molecule has 114 valence electrons. The number of ether oxygens (including phenoxy) is 1. The maximum Gasteiger partial charge on any atom is 0.573 e. The van der Waals surface area contributed by atoms with E-state index in [1.807, 2.05) is 13.8 Å². The summed E-state index contributed by atoms with van der Waals surface area (Å²) in [6.45, 7) is 5.76. The zero-order chi connectivity index (χ0) is 15.6. The molecule has 0 saturated heterocycles. The minimum absolute atomic E-state index is 0.0475. The van der Waals surface area contributed by atoms with Gasteiger partial charge in [-0.05, 0) is 47.0 Å². The third-order valence-electron chi connectivity index (χ3n) is 3.05. The van der Waals surface area contributed by atoms with E-state index in [4.69, 9.17) is 0 Å². The van der Waals surface area contributed by atoms with E-state index in [-0.39, 0.29) is 22.7 Å². The average Bonchev–Trinajstić information content (AvgIpc) is 2.28. The number of anilines is 1. The van der Waals surface area contributed by atoms with Crippen LogP contribution in [0.4, 0.5) is 18.9 Å². The summed E-state index contributed by atoms with van der Waals surface area (Å²) in [5.41, 5.74) is -0.319. The van der Waals surface area contributed by atoms with Crippen molar-refractivity contribution in [3.05, 3.63) is 22.7 Å². The van der Waals surface area contributed by atoms with Crippen molar-refractivity contribution in [2.45, 2.75) is 32.7 Å². The van der Waals surface area contributed by atoms with Gasteiger partial charge in [-0.25, -0.2) is 0 Å². The van der Waals surface area contributed by atoms with Gasteiger partial charge in [0.15, 0.2) is 0 Å². The van der Waals surface area contributed by atoms with Crippen LogP contribution in [0.1, 0.15) is 20.8 Å². The molecule has 2 N–H and O–H groups in total. The Morgan fingerprint density at radius 3 is 2.40 bits per heavy atom. The van der Waals surface area contributed by atoms with Gasteiger partial charge in [0.25, 0.3) is 0 Å². The van der Waals surface area contributed by atoms with E-state index >= 15 is 0 Å². The number of aliphatic hydroxyl groups is 1. The van der Waals surface area contributed by atoms with E-state index in [1.54, 1.807) is 6.92 Å². The molecular formula is C13H17BrF3NO2. The molecule has 1 atom stereocenters. The summed E-state index contributed by atoms with van der Waals surface area (Å²) in [6, 6.07) is 4.14. The molecule has 20 heavy (non-hydrogen) atoms. The summed E-state index contributed by atoms with van der Waals surface area (Å²) in [4.78, 5) is 0. The first-order valence-corrected chi connectivity index (χ1v) is 6.82. The van der Waals surface area contributed by atoms with Crippen molar-refractivity contribution in [3.63, 3.8) is 0 Å². The maximum absolute atomic E-state index is 12.1. The highest BCUT2D eigenvalue weighted by atomic mass is 79.9. The van der Waals surface area contributed by atoms with Gasteiger partial charge in [0.2, 0.25) is 0 Å². The van der Waals surface area contributed by atoms with Crippen LogP contribution in [-0.4, -0.2) is 23.6 Å². The van der Waals surface area contributed by atoms with Crippen LogP contribution in [0.15, 0.2) is 22.7 Å². The summed E-state index contributed by atoms with van der Waals surface area (Å²) in [5, 5.41) is 13.1. The van der Waals surface area contributed by atoms with E-state index in [1.165, 1.54) is 18.2 Å². The van der Waals surface area contributed by atoms with Crippen LogP contribution in [0.25, 0.3) is 0 Å². The largest absolute Gasteiger partial charge is 0.573 e. The average molecular weight is 356 g/mol. The van der Waals surface area contributed by atoms with Gasteiger partial charge in [-0.15, -0.1) is 13.2 Å². The Kier molecular flexibility index (Phi) is 5.32. The van der Waals surface area contributed by atoms with Crippen LogP contribution >= 0.6 is 15.9 Å². The van der Waals surface area contributed by atoms with E-state index < -0.39 is 12.0 Å². The van der Waals surface area contributed by atoms with E-state index in [0.717, 1.165) is 0 Å². The molecule has 0 heterocycles. The molecule has 0 saturated carbocycles. The Morgan fingerprint density at radius 1 is 1.35 bits per heavy atom. The topological polar surface area (TPSA) is 41.5 Å². The standard InChI is InChI=1S/C13H17BrF3NO2/c1-8(2)12(3,19)7-18-9-4-5-11(10(14)6-9)20-13(15,16)17/h4-6,8,18-19H,7H2,1-3H3. The van der Waals surface area contributed by atoms with Crippen molar-refractivity contribution in [3.8, 4) is 5.75 Å². The van der Waals surface area contributed by atoms with E-state index in [0.29, 0.717) is 5.69 Å². The Labute approximate surface area is 124 Å². The molecule has 3 nitrogen and oxygen atoms in total. The molecule has 0 fully saturated rings. The molecule has 0 spiro atoms. The first-order chi connectivity index (χ1) is 9.01. The van der Waals surface area contributed by atoms with Crippen LogP contribution in [0.5, 0.6) is 5.75 Å². The van der Waals surface area contributed by atoms with Crippen molar-refractivity contribution >= 4 is 21.6 Å². The second-order valence-electron chi connectivity index (χ2n) is 5.06. The number of nitrogens with one attached hydrogen (secondary N) is 1. The molecule has 1 unspecified atom stereocenters. The van der Waals surface area contributed by atoms with Gasteiger partial charge in [0.1, 0.15) is 5.75 Å². The third kappa shape index (κ3) is 5.20. The summed E-state index contributed by atoms with van der Waals surface area (Å²) < 4.78 is 40.4. The third-order valence-corrected chi connectivity index (χ3v) is 3.67. The number of hydrogen-bond acceptors (Lipinski definition) is 3. The quantitative estimate of drug-likeness (QED) is 0.832. The molecule has 0 aliphatic heterocycles. The number of halogens is 4. The van der Waals surface area contributed by atoms with Gasteiger partial charge in [-0.3, -0.25) is 0 Å². The summed E-state index contributed by atoms with van der Waals surface area (Å²) in [6.07, 6.45) is -4.72. The van der Waals surface area contributed by atoms with E-state index in [2.05, 4.69) is 26.0 Å². The summed E-state index contributed by atoms with van der Waals surface area (Å²) >= 11 is 3.02. The molecule has 0 radical (unpaired) electrons. The zero-order valence-corrected chi connectivity index (χ0v) is 13.0. The van der Waals surface area contributed by atoms with Gasteiger partial charge >= 0.3 is 6.36 Å². The fourth-order valence-corrected chi connectivity index (χ4v) is 1.76. The van der Waals surface area contributed by atoms with Crippen molar-refractivity contribution in [2.24, 2.45) is 5.92 Å². The summed E-state index contributed by atoms with van der Waals surface area (Å²) in [7, 11) is 0. The Bertz CT molecular complexity index is 461. The first kappa shape index (κ1) is 17.1. The van der Waals surface area contributed by atoms with Gasteiger partial charge < -0.3 is 15.2 Å². The van der Waals surface area contributed by atoms with Crippen LogP contribution < -0.4 is 10.1 Å². The van der Waals surface area contributed by atoms with Gasteiger partial charge in [0.05, 0.1) is 10.1 Å². The zero-order valence-electron chi connectivity index (χ0n) is 11.4. The van der Waals surface area contributed by atoms with Crippen molar-refractivity contribution in [1.29, 1.82) is 0 Å². The minimum Gasteiger partial charge on any atom is -0.405 e. The number of alkyl halides is 3. The number of benzene rings is 1. The van der Waals surface area contributed by atoms with Crippen LogP contribution in [0.3, 0.4) is 0 Å². The number of hydrogen-bond donors (Lipinski definition) is 2. The predicted octanol–water partition coefficient (Wildman–Crippen LogP) is 4.17. The fraction of sp³-hybridized carbons (Fsp3) is 0.538. The molecule has 1 aromatic rings. The highest BCUT2D eigenvalue weighted by molar-refractivity contribution is 9.10. The molecule has 1 rings (SSSR count). The number of rotatable bonds is 5. The normalized spacial score (nSPS) is 15.1. The minimum atomic E-state index is -4.72. The molecule has 0 aliphatic carbocycles. The van der Waals surface area contributed by atoms with Crippen LogP contribution in [0, 0.1) is 5.92 Å². The lowest BCUT2D eigenvalue weighted by atomic mass is 9.92. The van der Waals surface area contributed by atoms with Crippen LogP contribution in [0.2, 0.25) is 0 Å². The van der Waals surface area contributed by atoms with Crippen molar-refractivity contribution < 1.29 is 23.0 Å². The van der Waals surface area contributed by atoms with Gasteiger partial charge in [-0.2, -0.15) is 0 Å². The molecule has 1 aromatic carbocycles. The molecule has 0 aliphatic rings. The lowest BCUT2D eigenvalue weighted by molar-refractivity contribution is -0.274. The highest BCUT2D eigenvalue weighted by Crippen LogP contribution is 2.32. The summed E-state index contributed by atoms with van der Waals surface area (Å²) in [5.74, 6) is -0.259. The van der Waals surface area contributed by atoms with Crippen LogP contribution in [-0.2, 0) is 0 Å². The molecule has 7 heteroatoms. The van der Waals surface area contributed by atoms with Gasteiger partial charge in [0, 0.05) is 12.2 Å². The Morgan fingerprint density at radius 2 is 1.95 bits per heavy atom. The molecule has 0 aromatic heterocycles. The molecular weight excluding hydrogens is 339 g/mol. The predicted molar refractivity (Wildman–Crippen MR) is 74.8 cm³/mol. The molecule has 0 amide bonds. The van der Waals surface area contributed by atoms with Gasteiger partial charge in [-0.1, -0.05) is 13.8 Å². The maximum atomic E-state index is 12.1.